The van der Waals surface area contributed by atoms with Gasteiger partial charge >= 0.3 is 7.12 Å². The van der Waals surface area contributed by atoms with Crippen LogP contribution in [0.3, 0.4) is 0 Å². The molecule has 3 N–H and O–H groups in total. The molecule has 0 fully saturated rings. The maximum Gasteiger partial charge on any atom is 0.488 e. The molecule has 0 radical (unpaired) electrons. The molecule has 0 heterocycles. The van der Waals surface area contributed by atoms with Gasteiger partial charge in [0.2, 0.25) is 5.91 Å². The summed E-state index contributed by atoms with van der Waals surface area (Å²) in [6.07, 6.45) is 2.66. The molecule has 8 heteroatoms. The van der Waals surface area contributed by atoms with Gasteiger partial charge in [-0.05, 0) is 43.1 Å². The number of amides is 1. The van der Waals surface area contributed by atoms with Gasteiger partial charge in [0.1, 0.15) is 11.6 Å². The molecule has 0 saturated heterocycles. The van der Waals surface area contributed by atoms with Crippen LogP contribution in [-0.4, -0.2) is 40.4 Å². The fraction of sp³-hybridized carbons (Fsp3) is 0.529. The number of carbonyl (C=O) groups excluding carboxylic acids is 2. The minimum atomic E-state index is -1.74. The number of halogens is 1. The Morgan fingerprint density at radius 1 is 1.16 bits per heavy atom. The van der Waals surface area contributed by atoms with Gasteiger partial charge in [-0.15, -0.1) is 0 Å². The summed E-state index contributed by atoms with van der Waals surface area (Å²) in [4.78, 5) is 22.5. The average molecular weight is 371 g/mol. The number of anilines is 1. The van der Waals surface area contributed by atoms with Crippen molar-refractivity contribution < 1.29 is 24.0 Å². The Morgan fingerprint density at radius 2 is 1.84 bits per heavy atom. The van der Waals surface area contributed by atoms with Crippen LogP contribution in [0.15, 0.2) is 18.2 Å². The minimum absolute atomic E-state index is 0.0193. The van der Waals surface area contributed by atoms with Gasteiger partial charge in [-0.3, -0.25) is 4.79 Å². The Balaban J connectivity index is 0.00000277. The van der Waals surface area contributed by atoms with Crippen LogP contribution < -0.4 is 10.8 Å². The summed E-state index contributed by atoms with van der Waals surface area (Å²) >= 11 is 1.62. The fourth-order valence-electron chi connectivity index (χ4n) is 1.85. The number of ketones is 1. The average Bonchev–Trinajstić information content (AvgIpc) is 2.57. The molecule has 0 atom stereocenters. The van der Waals surface area contributed by atoms with E-state index in [9.17, 15) is 14.0 Å². The van der Waals surface area contributed by atoms with Crippen molar-refractivity contribution in [3.8, 4) is 0 Å². The van der Waals surface area contributed by atoms with Crippen molar-refractivity contribution in [1.82, 2.24) is 0 Å². The van der Waals surface area contributed by atoms with Gasteiger partial charge in [-0.1, -0.05) is 19.9 Å². The first-order valence-electron chi connectivity index (χ1n) is 8.42. The molecule has 0 unspecified atom stereocenters. The summed E-state index contributed by atoms with van der Waals surface area (Å²) in [5.74, 6) is 0.702. The molecule has 140 valence electrons. The van der Waals surface area contributed by atoms with Crippen LogP contribution in [-0.2, 0) is 9.59 Å². The zero-order valence-corrected chi connectivity index (χ0v) is 15.9. The number of carbonyl (C=O) groups is 2. The summed E-state index contributed by atoms with van der Waals surface area (Å²) < 4.78 is 13.7. The number of benzene rings is 1. The number of Topliss-reactive ketones (excluding diaryl/α,β-unsaturated/α-hetero) is 1. The van der Waals surface area contributed by atoms with Crippen molar-refractivity contribution in [2.24, 2.45) is 0 Å². The van der Waals surface area contributed by atoms with Gasteiger partial charge in [-0.2, -0.15) is 11.8 Å². The lowest BCUT2D eigenvalue weighted by molar-refractivity contribution is -0.117. The summed E-state index contributed by atoms with van der Waals surface area (Å²) in [6.45, 7) is 5.57. The third-order valence-corrected chi connectivity index (χ3v) is 4.18. The molecule has 25 heavy (non-hydrogen) atoms. The van der Waals surface area contributed by atoms with Crippen LogP contribution >= 0.6 is 11.8 Å². The van der Waals surface area contributed by atoms with Crippen molar-refractivity contribution in [3.63, 3.8) is 0 Å². The van der Waals surface area contributed by atoms with Crippen molar-refractivity contribution in [2.75, 3.05) is 16.8 Å². The quantitative estimate of drug-likeness (QED) is 0.434. The Labute approximate surface area is 153 Å². The summed E-state index contributed by atoms with van der Waals surface area (Å²) in [7, 11) is -1.74. The molecule has 0 aromatic heterocycles. The van der Waals surface area contributed by atoms with E-state index in [1.54, 1.807) is 18.7 Å². The van der Waals surface area contributed by atoms with E-state index in [1.165, 1.54) is 12.1 Å². The predicted octanol–water partition coefficient (Wildman–Crippen LogP) is 2.35. The van der Waals surface area contributed by atoms with Crippen LogP contribution in [0.4, 0.5) is 10.1 Å². The summed E-state index contributed by atoms with van der Waals surface area (Å²) in [5.41, 5.74) is 0.0486. The van der Waals surface area contributed by atoms with Crippen LogP contribution in [0.25, 0.3) is 0 Å². The predicted molar refractivity (Wildman–Crippen MR) is 103 cm³/mol. The maximum atomic E-state index is 13.7. The largest absolute Gasteiger partial charge is 0.488 e. The topological polar surface area (TPSA) is 86.6 Å². The Morgan fingerprint density at radius 3 is 2.40 bits per heavy atom. The molecule has 0 aliphatic carbocycles. The van der Waals surface area contributed by atoms with Crippen molar-refractivity contribution in [1.29, 1.82) is 0 Å². The van der Waals surface area contributed by atoms with Crippen LogP contribution in [0, 0.1) is 5.82 Å². The summed E-state index contributed by atoms with van der Waals surface area (Å²) in [5, 5.41) is 20.3. The monoisotopic (exact) mass is 371 g/mol. The number of nitrogens with one attached hydrogen (secondary N) is 1. The van der Waals surface area contributed by atoms with Gasteiger partial charge in [0.05, 0.1) is 5.69 Å². The second-order valence-corrected chi connectivity index (χ2v) is 6.41. The molecule has 1 rings (SSSR count). The van der Waals surface area contributed by atoms with Gasteiger partial charge in [0.15, 0.2) is 0 Å². The minimum Gasteiger partial charge on any atom is -0.423 e. The van der Waals surface area contributed by atoms with E-state index >= 15 is 0 Å². The molecule has 5 nitrogen and oxygen atoms in total. The fourth-order valence-corrected chi connectivity index (χ4v) is 2.79. The zero-order valence-electron chi connectivity index (χ0n) is 15.0. The standard InChI is InChI=1S/C15H21BFNO4S.C2H6/c1-11(19)4-2-3-8-23-9-7-15(20)18-14-6-5-12(16(21)22)10-13(14)17;1-2/h5-6,10,21-22H,2-4,7-9H2,1H3,(H,18,20);1-2H3. The van der Waals surface area contributed by atoms with E-state index in [2.05, 4.69) is 5.32 Å². The van der Waals surface area contributed by atoms with E-state index < -0.39 is 12.9 Å². The van der Waals surface area contributed by atoms with Gasteiger partial charge < -0.3 is 20.2 Å². The van der Waals surface area contributed by atoms with Crippen molar-refractivity contribution >= 4 is 41.7 Å². The van der Waals surface area contributed by atoms with Crippen molar-refractivity contribution in [3.05, 3.63) is 24.0 Å². The second kappa shape index (κ2) is 13.9. The lowest BCUT2D eigenvalue weighted by atomic mass is 9.80. The van der Waals surface area contributed by atoms with E-state index in [0.29, 0.717) is 12.2 Å². The molecule has 0 aliphatic rings. The Kier molecular flexibility index (Phi) is 13.1. The molecule has 0 saturated carbocycles. The third kappa shape index (κ3) is 11.0. The van der Waals surface area contributed by atoms with E-state index in [4.69, 9.17) is 10.0 Å². The number of unbranched alkanes of at least 4 members (excludes halogenated alkanes) is 1. The highest BCUT2D eigenvalue weighted by atomic mass is 32.2. The smallest absolute Gasteiger partial charge is 0.423 e. The van der Waals surface area contributed by atoms with Crippen LogP contribution in [0.1, 0.15) is 46.5 Å². The highest BCUT2D eigenvalue weighted by Crippen LogP contribution is 2.13. The molecule has 0 aliphatic heterocycles. The summed E-state index contributed by atoms with van der Waals surface area (Å²) in [6, 6.07) is 3.62. The van der Waals surface area contributed by atoms with Gasteiger partial charge in [0, 0.05) is 18.6 Å². The second-order valence-electron chi connectivity index (χ2n) is 5.18. The number of hydrogen-bond donors (Lipinski definition) is 3. The van der Waals surface area contributed by atoms with Crippen LogP contribution in [0.2, 0.25) is 0 Å². The highest BCUT2D eigenvalue weighted by molar-refractivity contribution is 7.99. The lowest BCUT2D eigenvalue weighted by Gasteiger charge is -2.08. The van der Waals surface area contributed by atoms with E-state index in [1.807, 2.05) is 13.8 Å². The maximum absolute atomic E-state index is 13.7. The Hall–Kier alpha value is -1.38. The first kappa shape index (κ1) is 23.6. The first-order valence-corrected chi connectivity index (χ1v) is 9.58. The zero-order chi connectivity index (χ0) is 19.2. The highest BCUT2D eigenvalue weighted by Gasteiger charge is 2.14. The van der Waals surface area contributed by atoms with E-state index in [-0.39, 0.29) is 29.3 Å². The number of thioether (sulfide) groups is 1. The lowest BCUT2D eigenvalue weighted by Crippen LogP contribution is -2.30. The third-order valence-electron chi connectivity index (χ3n) is 3.11. The molecular formula is C17H27BFNO4S. The first-order chi connectivity index (χ1) is 11.9. The molecular weight excluding hydrogens is 344 g/mol. The number of rotatable bonds is 10. The van der Waals surface area contributed by atoms with Crippen LogP contribution in [0.5, 0.6) is 0 Å². The van der Waals surface area contributed by atoms with Gasteiger partial charge in [-0.25, -0.2) is 4.39 Å². The normalized spacial score (nSPS) is 9.84. The molecule has 1 amide bonds. The number of hydrogen-bond acceptors (Lipinski definition) is 5. The van der Waals surface area contributed by atoms with Gasteiger partial charge in [0.25, 0.3) is 0 Å². The molecule has 0 spiro atoms. The van der Waals surface area contributed by atoms with Crippen molar-refractivity contribution in [2.45, 2.75) is 46.5 Å². The molecule has 1 aromatic carbocycles. The SMILES string of the molecule is CC.CC(=O)CCCCSCCC(=O)Nc1ccc(B(O)O)cc1F. The molecule has 1 aromatic rings. The van der Waals surface area contributed by atoms with E-state index in [0.717, 1.165) is 24.7 Å². The Bertz CT molecular complexity index is 543. The molecule has 0 bridgehead atoms.